The Kier molecular flexibility index (Phi) is 15.7. The minimum Gasteiger partial charge on any atom is -0.394 e. The van der Waals surface area contributed by atoms with E-state index >= 15 is 0 Å². The van der Waals surface area contributed by atoms with Crippen molar-refractivity contribution < 1.29 is 34.1 Å². The zero-order chi connectivity index (χ0) is 42.1. The predicted molar refractivity (Wildman–Crippen MR) is 227 cm³/mol. The molecule has 6 aliphatic carbocycles. The van der Waals surface area contributed by atoms with Crippen molar-refractivity contribution in [1.29, 1.82) is 0 Å². The van der Waals surface area contributed by atoms with Gasteiger partial charge in [0.2, 0.25) is 11.8 Å². The lowest BCUT2D eigenvalue weighted by molar-refractivity contribution is -0.193. The summed E-state index contributed by atoms with van der Waals surface area (Å²) in [5.41, 5.74) is 0.312. The van der Waals surface area contributed by atoms with Gasteiger partial charge < -0.3 is 40.1 Å². The second-order valence-corrected chi connectivity index (χ2v) is 21.2. The molecule has 4 N–H and O–H groups in total. The van der Waals surface area contributed by atoms with E-state index in [9.17, 15) is 19.8 Å². The van der Waals surface area contributed by atoms with Crippen LogP contribution in [0.1, 0.15) is 111 Å². The molecule has 7 aliphatic rings. The first-order chi connectivity index (χ1) is 27.6. The number of hydrogen-bond acceptors (Lipinski definition) is 10. The molecule has 0 aromatic carbocycles. The van der Waals surface area contributed by atoms with Gasteiger partial charge in [0, 0.05) is 63.2 Å². The van der Waals surface area contributed by atoms with Crippen molar-refractivity contribution >= 4 is 11.8 Å². The van der Waals surface area contributed by atoms with Gasteiger partial charge in [-0.05, 0) is 140 Å². The van der Waals surface area contributed by atoms with Gasteiger partial charge in [-0.2, -0.15) is 5.06 Å². The Hall–Kier alpha value is -1.38. The fraction of sp³-hybridized carbons (Fsp3) is 0.957. The number of methoxy groups -OCH3 is 2. The van der Waals surface area contributed by atoms with Crippen LogP contribution in [0.15, 0.2) is 0 Å². The molecule has 334 valence electrons. The fourth-order valence-electron chi connectivity index (χ4n) is 13.4. The Morgan fingerprint density at radius 3 is 2.31 bits per heavy atom. The highest BCUT2D eigenvalue weighted by atomic mass is 16.7. The predicted octanol–water partition coefficient (Wildman–Crippen LogP) is 4.57. The van der Waals surface area contributed by atoms with Crippen molar-refractivity contribution in [3.8, 4) is 0 Å². The first-order valence-electron chi connectivity index (χ1n) is 23.3. The molecule has 2 amide bonds. The molecule has 17 atom stereocenters. The van der Waals surface area contributed by atoms with Crippen LogP contribution in [0.3, 0.4) is 0 Å². The highest BCUT2D eigenvalue weighted by molar-refractivity contribution is 5.83. The van der Waals surface area contributed by atoms with E-state index in [1.54, 1.807) is 12.0 Å². The van der Waals surface area contributed by atoms with Crippen molar-refractivity contribution in [2.45, 2.75) is 160 Å². The maximum absolute atomic E-state index is 14.4. The van der Waals surface area contributed by atoms with Gasteiger partial charge in [0.25, 0.3) is 0 Å². The molecule has 0 spiro atoms. The number of aliphatic hydroxyl groups excluding tert-OH is 2. The average Bonchev–Trinajstić information content (AvgIpc) is 3.56. The molecule has 58 heavy (non-hydrogen) atoms. The maximum atomic E-state index is 14.4. The first-order valence-corrected chi connectivity index (χ1v) is 23.3. The zero-order valence-electron chi connectivity index (χ0n) is 37.9. The van der Waals surface area contributed by atoms with Gasteiger partial charge in [0.1, 0.15) is 12.1 Å². The number of carbonyl (C=O) groups excluding carboxylic acids is 2. The van der Waals surface area contributed by atoms with Crippen LogP contribution in [-0.2, 0) is 23.9 Å². The highest BCUT2D eigenvalue weighted by Crippen LogP contribution is 2.61. The lowest BCUT2D eigenvalue weighted by Crippen LogP contribution is -2.62. The Labute approximate surface area is 351 Å². The molecule has 0 aromatic rings. The van der Waals surface area contributed by atoms with Crippen LogP contribution in [0, 0.1) is 58.7 Å². The number of carbonyl (C=O) groups is 2. The second-order valence-electron chi connectivity index (χ2n) is 21.2. The maximum Gasteiger partial charge on any atom is 0.240 e. The van der Waals surface area contributed by atoms with Crippen molar-refractivity contribution in [2.24, 2.45) is 58.7 Å². The molecule has 2 bridgehead atoms. The lowest BCUT2D eigenvalue weighted by Gasteiger charge is -2.62. The minimum atomic E-state index is -0.832. The van der Waals surface area contributed by atoms with Crippen LogP contribution in [0.25, 0.3) is 0 Å². The number of nitrogens with one attached hydrogen (secondary N) is 2. The number of likely N-dealkylation sites (N-methyl/N-ethyl adjacent to an activating group) is 1. The summed E-state index contributed by atoms with van der Waals surface area (Å²) in [4.78, 5) is 39.7. The quantitative estimate of drug-likeness (QED) is 0.176. The van der Waals surface area contributed by atoms with Gasteiger partial charge in [0.05, 0.1) is 24.9 Å². The first kappa shape index (κ1) is 46.1. The molecule has 6 saturated carbocycles. The summed E-state index contributed by atoms with van der Waals surface area (Å²) in [6.45, 7) is 9.77. The number of rotatable bonds is 16. The van der Waals surface area contributed by atoms with E-state index < -0.39 is 24.2 Å². The number of hydroxylamine groups is 2. The van der Waals surface area contributed by atoms with Crippen LogP contribution in [0.2, 0.25) is 0 Å². The largest absolute Gasteiger partial charge is 0.394 e. The number of fused-ring (bicyclic) bond motifs is 2. The van der Waals surface area contributed by atoms with Gasteiger partial charge in [0.15, 0.2) is 0 Å². The van der Waals surface area contributed by atoms with Crippen LogP contribution < -0.4 is 10.6 Å². The summed E-state index contributed by atoms with van der Waals surface area (Å²) < 4.78 is 12.2. The van der Waals surface area contributed by atoms with E-state index in [0.717, 1.165) is 70.8 Å². The van der Waals surface area contributed by atoms with Gasteiger partial charge in [-0.25, -0.2) is 0 Å². The van der Waals surface area contributed by atoms with Gasteiger partial charge >= 0.3 is 0 Å². The van der Waals surface area contributed by atoms with Crippen molar-refractivity contribution in [3.05, 3.63) is 0 Å². The Morgan fingerprint density at radius 1 is 0.948 bits per heavy atom. The number of aliphatic hydroxyl groups is 2. The zero-order valence-corrected chi connectivity index (χ0v) is 37.9. The lowest BCUT2D eigenvalue weighted by atomic mass is 9.45. The number of ether oxygens (including phenoxy) is 2. The summed E-state index contributed by atoms with van der Waals surface area (Å²) in [6, 6.07) is -0.219. The third kappa shape index (κ3) is 10.1. The smallest absolute Gasteiger partial charge is 0.240 e. The van der Waals surface area contributed by atoms with E-state index in [0.29, 0.717) is 53.7 Å². The van der Waals surface area contributed by atoms with Crippen molar-refractivity contribution in [3.63, 3.8) is 0 Å². The molecular weight excluding hydrogens is 735 g/mol. The Balaban J connectivity index is 1.15. The summed E-state index contributed by atoms with van der Waals surface area (Å²) in [5, 5.41) is 30.3. The number of nitrogens with zero attached hydrogens (tertiary/aromatic N) is 3. The highest BCUT2D eigenvalue weighted by Gasteiger charge is 2.58. The van der Waals surface area contributed by atoms with Crippen LogP contribution in [0.4, 0.5) is 0 Å². The monoisotopic (exact) mass is 818 g/mol. The van der Waals surface area contributed by atoms with E-state index in [4.69, 9.17) is 14.3 Å². The summed E-state index contributed by atoms with van der Waals surface area (Å²) in [7, 11) is 12.1. The standard InChI is InChI=1S/C46H83N5O7/c1-27-38-22-33(46(38,3)4)23-39(27)48-45(55)42-41(28(2)53)40(26-52)58-51(42)24-30-14-12-16-37(43(30)57-10)31-19-32(21-35(20-31)50(7)8)44(54)47-34(25-49(5)6)17-29-13-11-15-36(18-29)56-9/h27-43,52-53H,11-26H2,1-10H3,(H,47,54)(H,48,55)/t27-,28-,29?,30?,31?,32?,33+,34-,35?,36?,37?,38-,39-,40-,41-,42-,43?/m0/s1. The molecule has 7 fully saturated rings. The SMILES string of the molecule is COC1CCCC(C[C@@H](CN(C)C)NC(=O)C2CC(C3CCCC(CN4O[C@@H](CO)[C@H]([C@H](C)O)[C@H]4C(=O)N[C@H]4C[C@H]5C[C@@H]([C@@H]4C)C5(C)C)C3OC)CC(N(C)C)C2)C1. The average molecular weight is 818 g/mol. The fourth-order valence-corrected chi connectivity index (χ4v) is 13.4. The molecule has 1 aliphatic heterocycles. The molecule has 7 rings (SSSR count). The minimum absolute atomic E-state index is 0.0666. The van der Waals surface area contributed by atoms with Crippen LogP contribution in [0.5, 0.6) is 0 Å². The molecule has 0 aromatic heterocycles. The summed E-state index contributed by atoms with van der Waals surface area (Å²) in [5.74, 6) is 2.27. The molecule has 12 nitrogen and oxygen atoms in total. The Morgan fingerprint density at radius 2 is 1.69 bits per heavy atom. The van der Waals surface area contributed by atoms with Crippen molar-refractivity contribution in [2.75, 3.05) is 62.1 Å². The topological polar surface area (TPSA) is 136 Å². The normalized spacial score (nSPS) is 41.5. The molecular formula is C46H83N5O7. The van der Waals surface area contributed by atoms with E-state index in [-0.39, 0.29) is 54.4 Å². The van der Waals surface area contributed by atoms with Crippen molar-refractivity contribution in [1.82, 2.24) is 25.5 Å². The van der Waals surface area contributed by atoms with E-state index in [1.807, 2.05) is 14.2 Å². The number of hydrogen-bond donors (Lipinski definition) is 4. The third-order valence-electron chi connectivity index (χ3n) is 16.8. The van der Waals surface area contributed by atoms with Gasteiger partial charge in [-0.1, -0.05) is 40.0 Å². The van der Waals surface area contributed by atoms with Crippen LogP contribution in [-0.4, -0.2) is 148 Å². The molecule has 0 radical (unpaired) electrons. The molecule has 8 unspecified atom stereocenters. The van der Waals surface area contributed by atoms with Gasteiger partial charge in [-0.15, -0.1) is 0 Å². The molecule has 1 heterocycles. The molecule has 1 saturated heterocycles. The number of amides is 2. The summed E-state index contributed by atoms with van der Waals surface area (Å²) >= 11 is 0. The van der Waals surface area contributed by atoms with E-state index in [2.05, 4.69) is 69.4 Å². The second kappa shape index (κ2) is 19.8. The van der Waals surface area contributed by atoms with Crippen LogP contribution >= 0.6 is 0 Å². The third-order valence-corrected chi connectivity index (χ3v) is 16.8. The Bertz CT molecular complexity index is 1350. The summed E-state index contributed by atoms with van der Waals surface area (Å²) in [6.07, 6.45) is 12.3. The van der Waals surface area contributed by atoms with Gasteiger partial charge in [-0.3, -0.25) is 14.4 Å². The molecule has 12 heteroatoms. The van der Waals surface area contributed by atoms with E-state index in [1.165, 1.54) is 19.3 Å².